The number of carbonyl (C=O) groups is 1. The van der Waals surface area contributed by atoms with Crippen molar-refractivity contribution in [2.45, 2.75) is 38.7 Å². The van der Waals surface area contributed by atoms with Crippen LogP contribution in [0.3, 0.4) is 0 Å². The Morgan fingerprint density at radius 3 is 2.87 bits per heavy atom. The van der Waals surface area contributed by atoms with Crippen molar-refractivity contribution in [1.29, 1.82) is 0 Å². The van der Waals surface area contributed by atoms with Gasteiger partial charge in [-0.05, 0) is 25.8 Å². The maximum Gasteiger partial charge on any atom is 0.278 e. The van der Waals surface area contributed by atoms with E-state index in [4.69, 9.17) is 9.25 Å². The normalized spacial score (nSPS) is 16.9. The zero-order chi connectivity index (χ0) is 10.7. The molecule has 4 heteroatoms. The van der Waals surface area contributed by atoms with E-state index in [2.05, 4.69) is 5.48 Å². The van der Waals surface area contributed by atoms with Crippen molar-refractivity contribution < 1.29 is 14.0 Å². The molecule has 1 aliphatic rings. The van der Waals surface area contributed by atoms with Gasteiger partial charge in [0.25, 0.3) is 5.91 Å². The standard InChI is InChI=1S/C11H15NO3/c1-8-6-9(7-14-8)11(13)12-15-10-4-2-3-5-10/h6-7,10H,2-5H2,1H3,(H,12,13). The molecule has 1 aromatic rings. The van der Waals surface area contributed by atoms with Gasteiger partial charge in [-0.2, -0.15) is 0 Å². The molecule has 0 saturated heterocycles. The Hall–Kier alpha value is -1.29. The predicted molar refractivity (Wildman–Crippen MR) is 54.3 cm³/mol. The summed E-state index contributed by atoms with van der Waals surface area (Å²) in [6.45, 7) is 1.80. The van der Waals surface area contributed by atoms with E-state index in [1.54, 1.807) is 13.0 Å². The summed E-state index contributed by atoms with van der Waals surface area (Å²) in [5, 5.41) is 0. The fourth-order valence-electron chi connectivity index (χ4n) is 1.76. The highest BCUT2D eigenvalue weighted by molar-refractivity contribution is 5.93. The minimum Gasteiger partial charge on any atom is -0.469 e. The molecule has 1 saturated carbocycles. The molecule has 1 fully saturated rings. The molecule has 1 N–H and O–H groups in total. The maximum absolute atomic E-state index is 11.5. The van der Waals surface area contributed by atoms with Gasteiger partial charge >= 0.3 is 0 Å². The molecular weight excluding hydrogens is 194 g/mol. The van der Waals surface area contributed by atoms with Crippen LogP contribution in [0.1, 0.15) is 41.8 Å². The number of aryl methyl sites for hydroxylation is 1. The lowest BCUT2D eigenvalue weighted by molar-refractivity contribution is -0.0125. The number of hydroxylamine groups is 1. The monoisotopic (exact) mass is 209 g/mol. The fourth-order valence-corrected chi connectivity index (χ4v) is 1.76. The number of rotatable bonds is 3. The molecule has 82 valence electrons. The summed E-state index contributed by atoms with van der Waals surface area (Å²) in [6.07, 6.45) is 6.05. The zero-order valence-electron chi connectivity index (χ0n) is 8.79. The molecule has 0 aromatic carbocycles. The van der Waals surface area contributed by atoms with E-state index in [-0.39, 0.29) is 12.0 Å². The van der Waals surface area contributed by atoms with Gasteiger partial charge in [0, 0.05) is 0 Å². The Labute approximate surface area is 88.6 Å². The first kappa shape index (κ1) is 10.2. The van der Waals surface area contributed by atoms with Gasteiger partial charge in [-0.3, -0.25) is 9.63 Å². The van der Waals surface area contributed by atoms with Crippen LogP contribution < -0.4 is 5.48 Å². The van der Waals surface area contributed by atoms with Gasteiger partial charge in [0.2, 0.25) is 0 Å². The average molecular weight is 209 g/mol. The van der Waals surface area contributed by atoms with Crippen molar-refractivity contribution in [2.24, 2.45) is 0 Å². The second-order valence-electron chi connectivity index (χ2n) is 3.90. The largest absolute Gasteiger partial charge is 0.469 e. The van der Waals surface area contributed by atoms with Crippen LogP contribution in [0.15, 0.2) is 16.7 Å². The molecule has 1 heterocycles. The molecule has 0 atom stereocenters. The van der Waals surface area contributed by atoms with Crippen LogP contribution in [0.4, 0.5) is 0 Å². The van der Waals surface area contributed by atoms with Crippen LogP contribution in [0.2, 0.25) is 0 Å². The second kappa shape index (κ2) is 4.49. The van der Waals surface area contributed by atoms with Crippen LogP contribution in [0, 0.1) is 6.92 Å². The molecule has 0 unspecified atom stereocenters. The summed E-state index contributed by atoms with van der Waals surface area (Å²) < 4.78 is 5.04. The molecule has 1 aromatic heterocycles. The van der Waals surface area contributed by atoms with E-state index in [0.29, 0.717) is 5.56 Å². The van der Waals surface area contributed by atoms with Crippen LogP contribution in [-0.4, -0.2) is 12.0 Å². The minimum absolute atomic E-state index is 0.182. The van der Waals surface area contributed by atoms with Crippen LogP contribution >= 0.6 is 0 Å². The van der Waals surface area contributed by atoms with Gasteiger partial charge < -0.3 is 4.42 Å². The third-order valence-electron chi connectivity index (χ3n) is 2.61. The van der Waals surface area contributed by atoms with Gasteiger partial charge in [-0.15, -0.1) is 0 Å². The zero-order valence-corrected chi connectivity index (χ0v) is 8.79. The van der Waals surface area contributed by atoms with Gasteiger partial charge in [-0.25, -0.2) is 5.48 Å². The van der Waals surface area contributed by atoms with Gasteiger partial charge in [0.15, 0.2) is 0 Å². The molecule has 0 spiro atoms. The van der Waals surface area contributed by atoms with E-state index in [9.17, 15) is 4.79 Å². The topological polar surface area (TPSA) is 51.5 Å². The number of carbonyl (C=O) groups excluding carboxylic acids is 1. The van der Waals surface area contributed by atoms with E-state index in [0.717, 1.165) is 18.6 Å². The molecule has 0 radical (unpaired) electrons. The summed E-state index contributed by atoms with van der Waals surface area (Å²) in [5.41, 5.74) is 2.96. The first-order valence-corrected chi connectivity index (χ1v) is 5.27. The lowest BCUT2D eigenvalue weighted by Gasteiger charge is -2.10. The summed E-state index contributed by atoms with van der Waals surface area (Å²) in [4.78, 5) is 16.8. The summed E-state index contributed by atoms with van der Waals surface area (Å²) in [7, 11) is 0. The number of hydrogen-bond acceptors (Lipinski definition) is 3. The van der Waals surface area contributed by atoms with Crippen molar-refractivity contribution in [2.75, 3.05) is 0 Å². The number of hydrogen-bond donors (Lipinski definition) is 1. The maximum atomic E-state index is 11.5. The van der Waals surface area contributed by atoms with E-state index in [1.807, 2.05) is 0 Å². The van der Waals surface area contributed by atoms with Gasteiger partial charge in [0.1, 0.15) is 12.0 Å². The minimum atomic E-state index is -0.237. The van der Waals surface area contributed by atoms with Crippen molar-refractivity contribution in [3.63, 3.8) is 0 Å². The quantitative estimate of drug-likeness (QED) is 0.776. The lowest BCUT2D eigenvalue weighted by Crippen LogP contribution is -2.27. The first-order valence-electron chi connectivity index (χ1n) is 5.27. The third kappa shape index (κ3) is 2.59. The molecule has 2 rings (SSSR count). The molecule has 1 aliphatic carbocycles. The molecule has 0 bridgehead atoms. The highest BCUT2D eigenvalue weighted by Crippen LogP contribution is 2.20. The Morgan fingerprint density at radius 1 is 1.53 bits per heavy atom. The highest BCUT2D eigenvalue weighted by Gasteiger charge is 2.17. The molecular formula is C11H15NO3. The van der Waals surface area contributed by atoms with E-state index in [1.165, 1.54) is 19.1 Å². The summed E-state index contributed by atoms with van der Waals surface area (Å²) in [5.74, 6) is 0.486. The van der Waals surface area contributed by atoms with Crippen LogP contribution in [-0.2, 0) is 4.84 Å². The van der Waals surface area contributed by atoms with Gasteiger partial charge in [0.05, 0.1) is 11.7 Å². The third-order valence-corrected chi connectivity index (χ3v) is 2.61. The predicted octanol–water partition coefficient (Wildman–Crippen LogP) is 2.19. The van der Waals surface area contributed by atoms with Crippen molar-refractivity contribution in [3.8, 4) is 0 Å². The Morgan fingerprint density at radius 2 is 2.27 bits per heavy atom. The lowest BCUT2D eigenvalue weighted by atomic mass is 10.3. The highest BCUT2D eigenvalue weighted by atomic mass is 16.7. The van der Waals surface area contributed by atoms with Crippen molar-refractivity contribution in [1.82, 2.24) is 5.48 Å². The Bertz CT molecular complexity index is 339. The molecule has 15 heavy (non-hydrogen) atoms. The Kier molecular flexibility index (Phi) is 3.06. The second-order valence-corrected chi connectivity index (χ2v) is 3.90. The molecule has 1 amide bonds. The number of furan rings is 1. The smallest absolute Gasteiger partial charge is 0.278 e. The summed E-state index contributed by atoms with van der Waals surface area (Å²) in [6, 6.07) is 1.69. The molecule has 4 nitrogen and oxygen atoms in total. The Balaban J connectivity index is 1.81. The van der Waals surface area contributed by atoms with Crippen LogP contribution in [0.25, 0.3) is 0 Å². The molecule has 0 aliphatic heterocycles. The van der Waals surface area contributed by atoms with Gasteiger partial charge in [-0.1, -0.05) is 12.8 Å². The average Bonchev–Trinajstić information content (AvgIpc) is 2.84. The van der Waals surface area contributed by atoms with E-state index < -0.39 is 0 Å². The van der Waals surface area contributed by atoms with Crippen molar-refractivity contribution >= 4 is 5.91 Å². The van der Waals surface area contributed by atoms with Crippen LogP contribution in [0.5, 0.6) is 0 Å². The number of amides is 1. The number of nitrogens with one attached hydrogen (secondary N) is 1. The van der Waals surface area contributed by atoms with Crippen molar-refractivity contribution in [3.05, 3.63) is 23.7 Å². The van der Waals surface area contributed by atoms with E-state index >= 15 is 0 Å². The summed E-state index contributed by atoms with van der Waals surface area (Å²) >= 11 is 0. The first-order chi connectivity index (χ1) is 7.25. The fraction of sp³-hybridized carbons (Fsp3) is 0.545. The SMILES string of the molecule is Cc1cc(C(=O)NOC2CCCC2)co1.